The summed E-state index contributed by atoms with van der Waals surface area (Å²) in [6.07, 6.45) is 4.70. The van der Waals surface area contributed by atoms with Gasteiger partial charge in [0.15, 0.2) is 0 Å². The van der Waals surface area contributed by atoms with Gasteiger partial charge in [-0.15, -0.1) is 0 Å². The molecule has 0 aliphatic heterocycles. The van der Waals surface area contributed by atoms with Crippen LogP contribution >= 0.6 is 0 Å². The van der Waals surface area contributed by atoms with E-state index in [-0.39, 0.29) is 6.61 Å². The molecule has 0 radical (unpaired) electrons. The van der Waals surface area contributed by atoms with Crippen molar-refractivity contribution in [1.82, 2.24) is 4.90 Å². The summed E-state index contributed by atoms with van der Waals surface area (Å²) < 4.78 is 0. The van der Waals surface area contributed by atoms with Crippen molar-refractivity contribution in [1.29, 1.82) is 0 Å². The van der Waals surface area contributed by atoms with Crippen LogP contribution in [-0.2, 0) is 0 Å². The van der Waals surface area contributed by atoms with Crippen molar-refractivity contribution in [3.8, 4) is 0 Å². The van der Waals surface area contributed by atoms with E-state index in [1.54, 1.807) is 0 Å². The molecule has 0 aromatic heterocycles. The number of aliphatic hydroxyl groups excluding tert-OH is 1. The molecule has 0 spiro atoms. The average Bonchev–Trinajstić information content (AvgIpc) is 2.13. The van der Waals surface area contributed by atoms with Gasteiger partial charge in [-0.25, -0.2) is 0 Å². The Labute approximate surface area is 81.9 Å². The summed E-state index contributed by atoms with van der Waals surface area (Å²) in [6.45, 7) is 6.27. The van der Waals surface area contributed by atoms with Crippen LogP contribution in [0.1, 0.15) is 32.6 Å². The molecule has 0 aromatic carbocycles. The lowest BCUT2D eigenvalue weighted by atomic mass is 10.2. The number of rotatable bonds is 9. The van der Waals surface area contributed by atoms with Gasteiger partial charge in [-0.2, -0.15) is 0 Å². The number of hydrogen-bond acceptors (Lipinski definition) is 3. The van der Waals surface area contributed by atoms with Crippen molar-refractivity contribution in [3.63, 3.8) is 0 Å². The van der Waals surface area contributed by atoms with Gasteiger partial charge >= 0.3 is 0 Å². The van der Waals surface area contributed by atoms with Crippen molar-refractivity contribution >= 4 is 0 Å². The first-order chi connectivity index (χ1) is 6.35. The molecule has 3 N–H and O–H groups in total. The molecule has 0 atom stereocenters. The first-order valence-corrected chi connectivity index (χ1v) is 5.38. The van der Waals surface area contributed by atoms with Crippen LogP contribution in [0.4, 0.5) is 0 Å². The number of hydrogen-bond donors (Lipinski definition) is 2. The van der Waals surface area contributed by atoms with Gasteiger partial charge in [0.05, 0.1) is 6.61 Å². The van der Waals surface area contributed by atoms with E-state index in [4.69, 9.17) is 10.8 Å². The van der Waals surface area contributed by atoms with Crippen molar-refractivity contribution in [2.45, 2.75) is 32.6 Å². The Morgan fingerprint density at radius 2 is 1.85 bits per heavy atom. The van der Waals surface area contributed by atoms with Crippen LogP contribution in [0, 0.1) is 0 Å². The van der Waals surface area contributed by atoms with Crippen LogP contribution in [0.2, 0.25) is 0 Å². The molecule has 80 valence electrons. The fourth-order valence-corrected chi connectivity index (χ4v) is 1.45. The van der Waals surface area contributed by atoms with E-state index >= 15 is 0 Å². The molecule has 0 saturated heterocycles. The minimum Gasteiger partial charge on any atom is -0.395 e. The van der Waals surface area contributed by atoms with Crippen LogP contribution < -0.4 is 5.73 Å². The van der Waals surface area contributed by atoms with Gasteiger partial charge in [-0.3, -0.25) is 0 Å². The van der Waals surface area contributed by atoms with Gasteiger partial charge in [0, 0.05) is 6.54 Å². The normalized spacial score (nSPS) is 11.1. The maximum atomic E-state index is 8.80. The molecule has 0 unspecified atom stereocenters. The molecular formula is C10H24N2O. The van der Waals surface area contributed by atoms with Crippen molar-refractivity contribution in [3.05, 3.63) is 0 Å². The fourth-order valence-electron chi connectivity index (χ4n) is 1.45. The van der Waals surface area contributed by atoms with Gasteiger partial charge in [0.25, 0.3) is 0 Å². The van der Waals surface area contributed by atoms with Crippen LogP contribution in [0.25, 0.3) is 0 Å². The van der Waals surface area contributed by atoms with Gasteiger partial charge < -0.3 is 15.7 Å². The minimum atomic E-state index is 0.275. The highest BCUT2D eigenvalue weighted by atomic mass is 16.3. The number of nitrogens with zero attached hydrogens (tertiary/aromatic N) is 1. The molecular weight excluding hydrogens is 164 g/mol. The molecule has 0 aliphatic carbocycles. The number of aliphatic hydroxyl groups is 1. The summed E-state index contributed by atoms with van der Waals surface area (Å²) in [4.78, 5) is 2.32. The molecule has 13 heavy (non-hydrogen) atoms. The zero-order chi connectivity index (χ0) is 9.94. The smallest absolute Gasteiger partial charge is 0.0558 e. The van der Waals surface area contributed by atoms with Crippen LogP contribution in [0.5, 0.6) is 0 Å². The lowest BCUT2D eigenvalue weighted by molar-refractivity contribution is 0.193. The lowest BCUT2D eigenvalue weighted by Crippen LogP contribution is -2.28. The average molecular weight is 188 g/mol. The summed E-state index contributed by atoms with van der Waals surface area (Å²) in [5.41, 5.74) is 5.41. The van der Waals surface area contributed by atoms with Crippen molar-refractivity contribution in [2.24, 2.45) is 5.73 Å². The van der Waals surface area contributed by atoms with Gasteiger partial charge in [-0.1, -0.05) is 13.3 Å². The third-order valence-electron chi connectivity index (χ3n) is 2.13. The summed E-state index contributed by atoms with van der Waals surface area (Å²) in [6, 6.07) is 0. The highest BCUT2D eigenvalue weighted by Crippen LogP contribution is 1.98. The summed E-state index contributed by atoms with van der Waals surface area (Å²) >= 11 is 0. The second-order valence-corrected chi connectivity index (χ2v) is 3.41. The summed E-state index contributed by atoms with van der Waals surface area (Å²) in [7, 11) is 0. The van der Waals surface area contributed by atoms with Crippen LogP contribution in [-0.4, -0.2) is 42.8 Å². The van der Waals surface area contributed by atoms with E-state index in [1.165, 1.54) is 12.8 Å². The SMILES string of the molecule is CCCN(CCO)CCCCCN. The molecule has 0 aliphatic rings. The Bertz CT molecular complexity index is 92.9. The van der Waals surface area contributed by atoms with Crippen LogP contribution in [0.15, 0.2) is 0 Å². The van der Waals surface area contributed by atoms with Gasteiger partial charge in [0.2, 0.25) is 0 Å². The maximum absolute atomic E-state index is 8.80. The van der Waals surface area contributed by atoms with E-state index in [1.807, 2.05) is 0 Å². The van der Waals surface area contributed by atoms with Crippen LogP contribution in [0.3, 0.4) is 0 Å². The maximum Gasteiger partial charge on any atom is 0.0558 e. The fraction of sp³-hybridized carbons (Fsp3) is 1.00. The predicted octanol–water partition coefficient (Wildman–Crippen LogP) is 0.820. The van der Waals surface area contributed by atoms with Gasteiger partial charge in [0.1, 0.15) is 0 Å². The Morgan fingerprint density at radius 1 is 1.08 bits per heavy atom. The van der Waals surface area contributed by atoms with Crippen molar-refractivity contribution in [2.75, 3.05) is 32.8 Å². The zero-order valence-corrected chi connectivity index (χ0v) is 8.84. The quantitative estimate of drug-likeness (QED) is 0.527. The zero-order valence-electron chi connectivity index (χ0n) is 8.84. The molecule has 0 saturated carbocycles. The highest BCUT2D eigenvalue weighted by Gasteiger charge is 2.01. The summed E-state index contributed by atoms with van der Waals surface area (Å²) in [5, 5.41) is 8.80. The first kappa shape index (κ1) is 12.9. The largest absolute Gasteiger partial charge is 0.395 e. The monoisotopic (exact) mass is 188 g/mol. The first-order valence-electron chi connectivity index (χ1n) is 5.38. The Hall–Kier alpha value is -0.120. The van der Waals surface area contributed by atoms with Gasteiger partial charge in [-0.05, 0) is 38.9 Å². The number of unbranched alkanes of at least 4 members (excludes halogenated alkanes) is 2. The van der Waals surface area contributed by atoms with E-state index in [0.717, 1.165) is 39.0 Å². The van der Waals surface area contributed by atoms with E-state index in [0.29, 0.717) is 0 Å². The number of nitrogens with two attached hydrogens (primary N) is 1. The Morgan fingerprint density at radius 3 is 2.38 bits per heavy atom. The molecule has 0 aromatic rings. The highest BCUT2D eigenvalue weighted by molar-refractivity contribution is 4.56. The van der Waals surface area contributed by atoms with Crippen molar-refractivity contribution < 1.29 is 5.11 Å². The molecule has 0 rings (SSSR count). The third-order valence-corrected chi connectivity index (χ3v) is 2.13. The molecule has 0 bridgehead atoms. The summed E-state index contributed by atoms with van der Waals surface area (Å²) in [5.74, 6) is 0. The second kappa shape index (κ2) is 9.96. The topological polar surface area (TPSA) is 49.5 Å². The third kappa shape index (κ3) is 8.22. The standard InChI is InChI=1S/C10H24N2O/c1-2-7-12(9-10-13)8-5-3-4-6-11/h13H,2-11H2,1H3. The molecule has 3 heteroatoms. The minimum absolute atomic E-state index is 0.275. The lowest BCUT2D eigenvalue weighted by Gasteiger charge is -2.20. The molecule has 0 heterocycles. The molecule has 3 nitrogen and oxygen atoms in total. The Balaban J connectivity index is 3.33. The molecule has 0 fully saturated rings. The van der Waals surface area contributed by atoms with E-state index < -0.39 is 0 Å². The van der Waals surface area contributed by atoms with E-state index in [9.17, 15) is 0 Å². The Kier molecular flexibility index (Phi) is 9.87. The predicted molar refractivity (Wildman–Crippen MR) is 56.7 cm³/mol. The second-order valence-electron chi connectivity index (χ2n) is 3.41. The molecule has 0 amide bonds. The van der Waals surface area contributed by atoms with E-state index in [2.05, 4.69) is 11.8 Å².